The molecular weight excluding hydrogens is 336 g/mol. The maximum Gasteiger partial charge on any atom is 0.161 e. The van der Waals surface area contributed by atoms with E-state index >= 15 is 0 Å². The van der Waals surface area contributed by atoms with E-state index in [1.165, 1.54) is 44.9 Å². The van der Waals surface area contributed by atoms with Crippen molar-refractivity contribution in [3.63, 3.8) is 0 Å². The Bertz CT molecular complexity index is 656. The van der Waals surface area contributed by atoms with E-state index in [9.17, 15) is 15.0 Å². The van der Waals surface area contributed by atoms with E-state index in [-0.39, 0.29) is 18.3 Å². The number of aliphatic hydroxyl groups is 2. The summed E-state index contributed by atoms with van der Waals surface area (Å²) in [7, 11) is 0. The van der Waals surface area contributed by atoms with Gasteiger partial charge in [-0.15, -0.1) is 0 Å². The Morgan fingerprint density at radius 2 is 1.52 bits per heavy atom. The molecule has 0 aromatic heterocycles. The molecule has 3 nitrogen and oxygen atoms in total. The van der Waals surface area contributed by atoms with E-state index in [1.54, 1.807) is 0 Å². The van der Waals surface area contributed by atoms with Gasteiger partial charge in [0, 0.05) is 11.8 Å². The highest BCUT2D eigenvalue weighted by Gasteiger charge is 2.53. The van der Waals surface area contributed by atoms with Crippen molar-refractivity contribution in [2.24, 2.45) is 47.3 Å². The van der Waals surface area contributed by atoms with E-state index in [0.29, 0.717) is 23.7 Å². The molecule has 0 amide bonds. The standard InChI is InChI=1S/C24H34O3/c25-14-23(26)22-8-7-20-19-4-3-16-13-24(27,11-9-15-1-2-15)12-10-17(16)18(19)5-6-21(20)22/h15-22,25,27H,1-8,10,12-14H2/t16-,17+,18-,19-,20+,21+,22+,24+/m1/s1. The molecule has 3 heteroatoms. The number of carbonyl (C=O) groups is 1. The van der Waals surface area contributed by atoms with Gasteiger partial charge in [0.2, 0.25) is 0 Å². The molecule has 0 aliphatic heterocycles. The molecule has 5 fully saturated rings. The van der Waals surface area contributed by atoms with Gasteiger partial charge in [0.05, 0.1) is 0 Å². The third kappa shape index (κ3) is 3.28. The van der Waals surface area contributed by atoms with Crippen molar-refractivity contribution in [1.82, 2.24) is 0 Å². The minimum atomic E-state index is -0.722. The van der Waals surface area contributed by atoms with Crippen molar-refractivity contribution in [3.8, 4) is 11.8 Å². The lowest BCUT2D eigenvalue weighted by molar-refractivity contribution is -0.128. The lowest BCUT2D eigenvalue weighted by Crippen LogP contribution is -2.48. The number of carbonyl (C=O) groups excluding carboxylic acids is 1. The van der Waals surface area contributed by atoms with Crippen LogP contribution in [0.3, 0.4) is 0 Å². The summed E-state index contributed by atoms with van der Waals surface area (Å²) in [6, 6.07) is 0. The van der Waals surface area contributed by atoms with Crippen LogP contribution in [0, 0.1) is 59.2 Å². The molecule has 0 saturated heterocycles. The van der Waals surface area contributed by atoms with Crippen molar-refractivity contribution in [3.05, 3.63) is 0 Å². The molecule has 0 spiro atoms. The average molecular weight is 371 g/mol. The number of hydrogen-bond acceptors (Lipinski definition) is 3. The third-order valence-corrected chi connectivity index (χ3v) is 8.98. The van der Waals surface area contributed by atoms with Crippen LogP contribution in [0.15, 0.2) is 0 Å². The fourth-order valence-electron chi connectivity index (χ4n) is 7.63. The molecule has 0 aromatic rings. The van der Waals surface area contributed by atoms with Gasteiger partial charge in [-0.1, -0.05) is 11.8 Å². The Kier molecular flexibility index (Phi) is 4.64. The fourth-order valence-corrected chi connectivity index (χ4v) is 7.63. The third-order valence-electron chi connectivity index (χ3n) is 8.98. The summed E-state index contributed by atoms with van der Waals surface area (Å²) in [5, 5.41) is 20.3. The summed E-state index contributed by atoms with van der Waals surface area (Å²) in [6.45, 7) is -0.271. The van der Waals surface area contributed by atoms with Gasteiger partial charge in [0.25, 0.3) is 0 Å². The summed E-state index contributed by atoms with van der Waals surface area (Å²) in [4.78, 5) is 12.2. The Balaban J connectivity index is 1.28. The number of fused-ring (bicyclic) bond motifs is 5. The highest BCUT2D eigenvalue weighted by Crippen LogP contribution is 2.59. The van der Waals surface area contributed by atoms with E-state index in [4.69, 9.17) is 0 Å². The number of aliphatic hydroxyl groups excluding tert-OH is 1. The Morgan fingerprint density at radius 3 is 2.30 bits per heavy atom. The van der Waals surface area contributed by atoms with Crippen LogP contribution < -0.4 is 0 Å². The van der Waals surface area contributed by atoms with Crippen LogP contribution in [0.1, 0.15) is 70.6 Å². The minimum Gasteiger partial charge on any atom is -0.389 e. The first-order valence-corrected chi connectivity index (χ1v) is 11.5. The molecule has 5 rings (SSSR count). The zero-order valence-electron chi connectivity index (χ0n) is 16.4. The van der Waals surface area contributed by atoms with Crippen molar-refractivity contribution in [2.45, 2.75) is 76.2 Å². The Hall–Kier alpha value is -0.850. The molecule has 0 bridgehead atoms. The Labute approximate surface area is 163 Å². The zero-order valence-corrected chi connectivity index (χ0v) is 16.4. The van der Waals surface area contributed by atoms with Crippen molar-refractivity contribution >= 4 is 5.78 Å². The number of rotatable bonds is 2. The molecule has 5 saturated carbocycles. The summed E-state index contributed by atoms with van der Waals surface area (Å²) in [5.41, 5.74) is -0.722. The summed E-state index contributed by atoms with van der Waals surface area (Å²) in [6.07, 6.45) is 12.5. The van der Waals surface area contributed by atoms with Gasteiger partial charge in [-0.3, -0.25) is 4.79 Å². The van der Waals surface area contributed by atoms with Gasteiger partial charge in [0.15, 0.2) is 5.78 Å². The highest BCUT2D eigenvalue weighted by molar-refractivity contribution is 5.82. The first-order valence-electron chi connectivity index (χ1n) is 11.5. The summed E-state index contributed by atoms with van der Waals surface area (Å²) < 4.78 is 0. The molecular formula is C24H34O3. The molecule has 5 aliphatic carbocycles. The molecule has 27 heavy (non-hydrogen) atoms. The first-order chi connectivity index (χ1) is 13.1. The second kappa shape index (κ2) is 6.89. The van der Waals surface area contributed by atoms with Crippen LogP contribution in [-0.4, -0.2) is 28.2 Å². The topological polar surface area (TPSA) is 57.5 Å². The molecule has 0 heterocycles. The zero-order chi connectivity index (χ0) is 18.6. The molecule has 0 aromatic carbocycles. The van der Waals surface area contributed by atoms with Gasteiger partial charge in [-0.05, 0) is 106 Å². The fraction of sp³-hybridized carbons (Fsp3) is 0.875. The van der Waals surface area contributed by atoms with Crippen molar-refractivity contribution in [1.29, 1.82) is 0 Å². The second-order valence-corrected chi connectivity index (χ2v) is 10.4. The molecule has 5 aliphatic rings. The van der Waals surface area contributed by atoms with Crippen LogP contribution in [0.5, 0.6) is 0 Å². The monoisotopic (exact) mass is 370 g/mol. The molecule has 0 radical (unpaired) electrons. The van der Waals surface area contributed by atoms with Crippen molar-refractivity contribution in [2.75, 3.05) is 6.61 Å². The van der Waals surface area contributed by atoms with Crippen molar-refractivity contribution < 1.29 is 15.0 Å². The molecule has 2 N–H and O–H groups in total. The van der Waals surface area contributed by atoms with Crippen LogP contribution in [0.25, 0.3) is 0 Å². The number of ketones is 1. The smallest absolute Gasteiger partial charge is 0.161 e. The van der Waals surface area contributed by atoms with Crippen LogP contribution in [0.4, 0.5) is 0 Å². The maximum atomic E-state index is 12.2. The van der Waals surface area contributed by atoms with Crippen LogP contribution in [0.2, 0.25) is 0 Å². The lowest BCUT2D eigenvalue weighted by atomic mass is 9.52. The average Bonchev–Trinajstić information content (AvgIpc) is 3.42. The SMILES string of the molecule is O=C(CO)[C@H]1CC[C@H]2[C@@H]3CC[C@@H]4C[C@](O)(C#CC5CC5)CC[C@@H]4[C@H]3CC[C@@H]21. The van der Waals surface area contributed by atoms with E-state index < -0.39 is 5.60 Å². The highest BCUT2D eigenvalue weighted by atomic mass is 16.3. The summed E-state index contributed by atoms with van der Waals surface area (Å²) in [5.74, 6) is 11.6. The largest absolute Gasteiger partial charge is 0.389 e. The number of Topliss-reactive ketones (excluding diaryl/α,β-unsaturated/α-hetero) is 1. The summed E-state index contributed by atoms with van der Waals surface area (Å²) >= 11 is 0. The maximum absolute atomic E-state index is 12.2. The predicted molar refractivity (Wildman–Crippen MR) is 104 cm³/mol. The second-order valence-electron chi connectivity index (χ2n) is 10.4. The van der Waals surface area contributed by atoms with E-state index in [2.05, 4.69) is 11.8 Å². The molecule has 0 unspecified atom stereocenters. The van der Waals surface area contributed by atoms with Gasteiger partial charge in [0.1, 0.15) is 12.2 Å². The predicted octanol–water partition coefficient (Wildman–Crippen LogP) is 3.57. The number of hydrogen-bond donors (Lipinski definition) is 2. The van der Waals surface area contributed by atoms with Gasteiger partial charge in [-0.25, -0.2) is 0 Å². The lowest BCUT2D eigenvalue weighted by Gasteiger charge is -2.53. The van der Waals surface area contributed by atoms with Crippen LogP contribution >= 0.6 is 0 Å². The van der Waals surface area contributed by atoms with Gasteiger partial charge in [-0.2, -0.15) is 0 Å². The quantitative estimate of drug-likeness (QED) is 0.731. The van der Waals surface area contributed by atoms with Gasteiger partial charge < -0.3 is 10.2 Å². The Morgan fingerprint density at radius 1 is 0.852 bits per heavy atom. The van der Waals surface area contributed by atoms with E-state index in [1.807, 2.05) is 0 Å². The first kappa shape index (κ1) is 18.2. The van der Waals surface area contributed by atoms with Gasteiger partial charge >= 0.3 is 0 Å². The normalized spacial score (nSPS) is 48.6. The van der Waals surface area contributed by atoms with Crippen LogP contribution in [-0.2, 0) is 4.79 Å². The van der Waals surface area contributed by atoms with E-state index in [0.717, 1.165) is 43.4 Å². The molecule has 8 atom stereocenters. The molecule has 148 valence electrons. The minimum absolute atomic E-state index is 0.0894.